The lowest BCUT2D eigenvalue weighted by Crippen LogP contribution is -2.63. The van der Waals surface area contributed by atoms with Crippen LogP contribution >= 0.6 is 0 Å². The molecule has 2 aliphatic rings. The number of likely N-dealkylation sites (tertiary alicyclic amines) is 2. The van der Waals surface area contributed by atoms with Gasteiger partial charge in [-0.05, 0) is 37.1 Å². The molecular weight excluding hydrogens is 394 g/mol. The molecule has 2 amide bonds. The molecule has 2 fully saturated rings. The summed E-state index contributed by atoms with van der Waals surface area (Å²) in [6, 6.07) is 15.8. The van der Waals surface area contributed by atoms with E-state index in [1.165, 1.54) is 0 Å². The van der Waals surface area contributed by atoms with Gasteiger partial charge in [-0.2, -0.15) is 0 Å². The Morgan fingerprint density at radius 3 is 2.52 bits per heavy atom. The lowest BCUT2D eigenvalue weighted by Gasteiger charge is -2.47. The van der Waals surface area contributed by atoms with Crippen molar-refractivity contribution in [2.45, 2.75) is 24.9 Å². The van der Waals surface area contributed by atoms with Gasteiger partial charge in [0.2, 0.25) is 0 Å². The van der Waals surface area contributed by atoms with Gasteiger partial charge in [0.05, 0.1) is 23.8 Å². The zero-order chi connectivity index (χ0) is 21.4. The number of carbonyl (C=O) groups is 1. The molecule has 2 aliphatic heterocycles. The number of hydrogen-bond donors (Lipinski definition) is 2. The smallest absolute Gasteiger partial charge is 0.326 e. The van der Waals surface area contributed by atoms with E-state index in [2.05, 4.69) is 15.2 Å². The third-order valence-electron chi connectivity index (χ3n) is 6.50. The summed E-state index contributed by atoms with van der Waals surface area (Å²) in [5.41, 5.74) is 2.53. The standard InChI is InChI=1S/C23H27N5O3/c1-31-21-9-5-3-7-19(21)25-22(29)27-14-17(15-27)26-12-10-16(11-13-26)28-20-8-4-2-6-18(20)24-23(28)30/h2-9,16-17H,10-15H2,1H3,(H,24,30)(H,25,29). The van der Waals surface area contributed by atoms with Crippen molar-refractivity contribution in [1.29, 1.82) is 0 Å². The number of benzene rings is 2. The van der Waals surface area contributed by atoms with Crippen molar-refractivity contribution in [2.75, 3.05) is 38.6 Å². The number of nitrogens with zero attached hydrogens (tertiary/aromatic N) is 3. The number of piperidine rings is 1. The van der Waals surface area contributed by atoms with Crippen LogP contribution in [-0.4, -0.2) is 64.7 Å². The Labute approximate surface area is 180 Å². The van der Waals surface area contributed by atoms with Gasteiger partial charge in [-0.1, -0.05) is 24.3 Å². The number of amides is 2. The van der Waals surface area contributed by atoms with Gasteiger partial charge in [0, 0.05) is 38.3 Å². The number of rotatable bonds is 4. The highest BCUT2D eigenvalue weighted by Gasteiger charge is 2.37. The van der Waals surface area contributed by atoms with Crippen LogP contribution in [0.25, 0.3) is 11.0 Å². The van der Waals surface area contributed by atoms with Crippen LogP contribution in [0, 0.1) is 0 Å². The molecule has 3 heterocycles. The number of methoxy groups -OCH3 is 1. The zero-order valence-corrected chi connectivity index (χ0v) is 17.6. The van der Waals surface area contributed by atoms with Crippen LogP contribution in [0.15, 0.2) is 53.3 Å². The molecule has 0 radical (unpaired) electrons. The molecule has 2 N–H and O–H groups in total. The summed E-state index contributed by atoms with van der Waals surface area (Å²) >= 11 is 0. The second-order valence-electron chi connectivity index (χ2n) is 8.27. The maximum Gasteiger partial charge on any atom is 0.326 e. The highest BCUT2D eigenvalue weighted by atomic mass is 16.5. The normalized spacial score (nSPS) is 18.2. The van der Waals surface area contributed by atoms with Crippen LogP contribution in [0.2, 0.25) is 0 Å². The number of aromatic nitrogens is 2. The number of carbonyl (C=O) groups excluding carboxylic acids is 1. The van der Waals surface area contributed by atoms with Crippen LogP contribution in [0.1, 0.15) is 18.9 Å². The van der Waals surface area contributed by atoms with Gasteiger partial charge in [-0.15, -0.1) is 0 Å². The summed E-state index contributed by atoms with van der Waals surface area (Å²) < 4.78 is 7.22. The Kier molecular flexibility index (Phi) is 5.15. The molecule has 2 saturated heterocycles. The first kappa shape index (κ1) is 19.7. The molecular formula is C23H27N5O3. The summed E-state index contributed by atoms with van der Waals surface area (Å²) in [5, 5.41) is 2.94. The molecule has 1 aromatic heterocycles. The Morgan fingerprint density at radius 1 is 1.03 bits per heavy atom. The first-order chi connectivity index (χ1) is 15.1. The van der Waals surface area contributed by atoms with Crippen molar-refractivity contribution in [1.82, 2.24) is 19.4 Å². The maximum atomic E-state index is 12.6. The van der Waals surface area contributed by atoms with Crippen LogP contribution in [0.3, 0.4) is 0 Å². The number of H-pyrrole nitrogens is 1. The summed E-state index contributed by atoms with van der Waals surface area (Å²) in [5.74, 6) is 0.655. The van der Waals surface area contributed by atoms with Gasteiger partial charge in [-0.25, -0.2) is 9.59 Å². The maximum absolute atomic E-state index is 12.6. The van der Waals surface area contributed by atoms with E-state index in [1.54, 1.807) is 7.11 Å². The fourth-order valence-electron chi connectivity index (χ4n) is 4.74. The SMILES string of the molecule is COc1ccccc1NC(=O)N1CC(N2CCC(n3c(=O)[nH]c4ccccc43)CC2)C1. The molecule has 0 saturated carbocycles. The number of para-hydroxylation sites is 4. The minimum Gasteiger partial charge on any atom is -0.495 e. The Hall–Kier alpha value is -3.26. The molecule has 0 spiro atoms. The number of fused-ring (bicyclic) bond motifs is 1. The minimum absolute atomic E-state index is 0.0255. The van der Waals surface area contributed by atoms with Crippen LogP contribution < -0.4 is 15.7 Å². The van der Waals surface area contributed by atoms with Gasteiger partial charge < -0.3 is 19.9 Å². The van der Waals surface area contributed by atoms with Crippen molar-refractivity contribution in [3.63, 3.8) is 0 Å². The molecule has 0 unspecified atom stereocenters. The van der Waals surface area contributed by atoms with Crippen molar-refractivity contribution in [2.24, 2.45) is 0 Å². The number of imidazole rings is 1. The predicted octanol–water partition coefficient (Wildman–Crippen LogP) is 2.89. The second-order valence-corrected chi connectivity index (χ2v) is 8.27. The Bertz CT molecular complexity index is 1140. The third-order valence-corrected chi connectivity index (χ3v) is 6.50. The first-order valence-electron chi connectivity index (χ1n) is 10.8. The fourth-order valence-corrected chi connectivity index (χ4v) is 4.74. The number of hydrogen-bond acceptors (Lipinski definition) is 4. The van der Waals surface area contributed by atoms with Crippen LogP contribution in [-0.2, 0) is 0 Å². The van der Waals surface area contributed by atoms with Gasteiger partial charge in [-0.3, -0.25) is 9.47 Å². The van der Waals surface area contributed by atoms with E-state index < -0.39 is 0 Å². The van der Waals surface area contributed by atoms with E-state index in [9.17, 15) is 9.59 Å². The Morgan fingerprint density at radius 2 is 1.74 bits per heavy atom. The molecule has 8 heteroatoms. The molecule has 0 aliphatic carbocycles. The Balaban J connectivity index is 1.15. The average molecular weight is 422 g/mol. The van der Waals surface area contributed by atoms with Crippen molar-refractivity contribution < 1.29 is 9.53 Å². The highest BCUT2D eigenvalue weighted by molar-refractivity contribution is 5.91. The minimum atomic E-state index is -0.0963. The molecule has 3 aromatic rings. The fraction of sp³-hybridized carbons (Fsp3) is 0.391. The van der Waals surface area contributed by atoms with Gasteiger partial charge >= 0.3 is 11.7 Å². The quantitative estimate of drug-likeness (QED) is 0.679. The van der Waals surface area contributed by atoms with Gasteiger partial charge in [0.25, 0.3) is 0 Å². The first-order valence-corrected chi connectivity index (χ1v) is 10.8. The van der Waals surface area contributed by atoms with E-state index in [1.807, 2.05) is 58.0 Å². The van der Waals surface area contributed by atoms with Crippen LogP contribution in [0.5, 0.6) is 5.75 Å². The number of urea groups is 1. The molecule has 0 bridgehead atoms. The van der Waals surface area contributed by atoms with Crippen molar-refractivity contribution >= 4 is 22.8 Å². The molecule has 0 atom stereocenters. The zero-order valence-electron chi connectivity index (χ0n) is 17.6. The van der Waals surface area contributed by atoms with E-state index >= 15 is 0 Å². The third kappa shape index (κ3) is 3.67. The summed E-state index contributed by atoms with van der Waals surface area (Å²) in [4.78, 5) is 32.3. The molecule has 162 valence electrons. The lowest BCUT2D eigenvalue weighted by atomic mass is 9.99. The average Bonchev–Trinajstić information content (AvgIpc) is 3.09. The largest absolute Gasteiger partial charge is 0.495 e. The van der Waals surface area contributed by atoms with E-state index in [0.29, 0.717) is 17.5 Å². The second kappa shape index (κ2) is 8.11. The van der Waals surface area contributed by atoms with Crippen molar-refractivity contribution in [3.8, 4) is 5.75 Å². The number of ether oxygens (including phenoxy) is 1. The molecule has 5 rings (SSSR count). The number of aromatic amines is 1. The summed E-state index contributed by atoms with van der Waals surface area (Å²) in [6.07, 6.45) is 1.87. The predicted molar refractivity (Wildman–Crippen MR) is 120 cm³/mol. The van der Waals surface area contributed by atoms with E-state index in [0.717, 1.165) is 50.1 Å². The summed E-state index contributed by atoms with van der Waals surface area (Å²) in [7, 11) is 1.60. The van der Waals surface area contributed by atoms with E-state index in [4.69, 9.17) is 4.74 Å². The monoisotopic (exact) mass is 421 g/mol. The number of nitrogens with one attached hydrogen (secondary N) is 2. The molecule has 2 aromatic carbocycles. The van der Waals surface area contributed by atoms with Gasteiger partial charge in [0.15, 0.2) is 0 Å². The number of anilines is 1. The van der Waals surface area contributed by atoms with Crippen LogP contribution in [0.4, 0.5) is 10.5 Å². The highest BCUT2D eigenvalue weighted by Crippen LogP contribution is 2.29. The van der Waals surface area contributed by atoms with Gasteiger partial charge in [0.1, 0.15) is 5.75 Å². The van der Waals surface area contributed by atoms with Crippen molar-refractivity contribution in [3.05, 3.63) is 59.0 Å². The topological polar surface area (TPSA) is 82.6 Å². The lowest BCUT2D eigenvalue weighted by molar-refractivity contribution is 0.0397. The molecule has 31 heavy (non-hydrogen) atoms. The summed E-state index contributed by atoms with van der Waals surface area (Å²) in [6.45, 7) is 3.31. The van der Waals surface area contributed by atoms with E-state index in [-0.39, 0.29) is 17.8 Å². The molecule has 8 nitrogen and oxygen atoms in total.